The molecule has 0 unspecified atom stereocenters. The van der Waals surface area contributed by atoms with Crippen molar-refractivity contribution in [3.8, 4) is 0 Å². The molecular weight excluding hydrogens is 350 g/mol. The summed E-state index contributed by atoms with van der Waals surface area (Å²) in [5, 5.41) is 7.88. The number of carbonyl (C=O) groups excluding carboxylic acids is 1. The molecule has 0 bridgehead atoms. The quantitative estimate of drug-likeness (QED) is 0.863. The first-order valence-corrected chi connectivity index (χ1v) is 10.2. The summed E-state index contributed by atoms with van der Waals surface area (Å²) in [5.74, 6) is 0.593. The van der Waals surface area contributed by atoms with Gasteiger partial charge in [0.1, 0.15) is 0 Å². The second-order valence-corrected chi connectivity index (χ2v) is 8.18. The fourth-order valence-electron chi connectivity index (χ4n) is 3.22. The predicted octanol–water partition coefficient (Wildman–Crippen LogP) is 2.82. The highest BCUT2D eigenvalue weighted by Gasteiger charge is 2.23. The fourth-order valence-corrected chi connectivity index (χ4v) is 3.73. The molecule has 2 aromatic rings. The number of nitrogens with one attached hydrogen (secondary N) is 1. The van der Waals surface area contributed by atoms with Gasteiger partial charge in [-0.3, -0.25) is 0 Å². The van der Waals surface area contributed by atoms with Crippen molar-refractivity contribution >= 4 is 21.7 Å². The number of primary sulfonamides is 1. The van der Waals surface area contributed by atoms with Gasteiger partial charge in [-0.15, -0.1) is 0 Å². The van der Waals surface area contributed by atoms with Crippen molar-refractivity contribution in [1.29, 1.82) is 0 Å². The number of piperidine rings is 1. The Bertz CT molecular complexity index is 843. The van der Waals surface area contributed by atoms with Crippen molar-refractivity contribution in [1.82, 2.24) is 4.90 Å². The number of likely N-dealkylation sites (tertiary alicyclic amines) is 1. The van der Waals surface area contributed by atoms with E-state index in [0.717, 1.165) is 32.4 Å². The Labute approximate surface area is 154 Å². The molecule has 26 heavy (non-hydrogen) atoms. The molecule has 0 aromatic heterocycles. The van der Waals surface area contributed by atoms with E-state index in [4.69, 9.17) is 5.14 Å². The molecule has 1 saturated heterocycles. The molecule has 6 nitrogen and oxygen atoms in total. The van der Waals surface area contributed by atoms with Crippen molar-refractivity contribution < 1.29 is 13.2 Å². The lowest BCUT2D eigenvalue weighted by molar-refractivity contribution is 0.182. The Hall–Kier alpha value is -2.38. The number of benzene rings is 2. The third-order valence-corrected chi connectivity index (χ3v) is 5.63. The van der Waals surface area contributed by atoms with Gasteiger partial charge in [0.25, 0.3) is 0 Å². The molecule has 3 N–H and O–H groups in total. The summed E-state index contributed by atoms with van der Waals surface area (Å²) >= 11 is 0. The summed E-state index contributed by atoms with van der Waals surface area (Å²) < 4.78 is 22.5. The number of urea groups is 1. The molecule has 2 amide bonds. The van der Waals surface area contributed by atoms with Crippen LogP contribution in [0.4, 0.5) is 10.5 Å². The van der Waals surface area contributed by atoms with E-state index < -0.39 is 10.0 Å². The Kier molecular flexibility index (Phi) is 5.58. The lowest BCUT2D eigenvalue weighted by Gasteiger charge is -2.32. The van der Waals surface area contributed by atoms with Gasteiger partial charge in [0.15, 0.2) is 0 Å². The first kappa shape index (κ1) is 18.4. The van der Waals surface area contributed by atoms with Gasteiger partial charge in [-0.1, -0.05) is 30.3 Å². The van der Waals surface area contributed by atoms with E-state index in [1.807, 2.05) is 6.07 Å². The predicted molar refractivity (Wildman–Crippen MR) is 101 cm³/mol. The Morgan fingerprint density at radius 3 is 2.23 bits per heavy atom. The molecule has 0 radical (unpaired) electrons. The van der Waals surface area contributed by atoms with E-state index in [0.29, 0.717) is 11.6 Å². The Morgan fingerprint density at radius 2 is 1.65 bits per heavy atom. The molecule has 0 atom stereocenters. The van der Waals surface area contributed by atoms with E-state index in [1.54, 1.807) is 17.0 Å². The molecule has 2 aromatic carbocycles. The van der Waals surface area contributed by atoms with Crippen molar-refractivity contribution in [2.24, 2.45) is 11.1 Å². The summed E-state index contributed by atoms with van der Waals surface area (Å²) in [7, 11) is -3.72. The first-order valence-electron chi connectivity index (χ1n) is 8.64. The third kappa shape index (κ3) is 4.83. The minimum atomic E-state index is -3.72. The molecule has 1 aliphatic rings. The van der Waals surface area contributed by atoms with Crippen molar-refractivity contribution in [2.45, 2.75) is 24.2 Å². The van der Waals surface area contributed by atoms with Crippen LogP contribution in [0.5, 0.6) is 0 Å². The monoisotopic (exact) mass is 373 g/mol. The van der Waals surface area contributed by atoms with E-state index in [1.165, 1.54) is 17.7 Å². The van der Waals surface area contributed by atoms with Gasteiger partial charge in [-0.2, -0.15) is 0 Å². The molecule has 0 spiro atoms. The van der Waals surface area contributed by atoms with Crippen LogP contribution in [-0.4, -0.2) is 32.4 Å². The van der Waals surface area contributed by atoms with Gasteiger partial charge in [-0.25, -0.2) is 18.4 Å². The lowest BCUT2D eigenvalue weighted by Crippen LogP contribution is -2.41. The van der Waals surface area contributed by atoms with Crippen LogP contribution in [-0.2, 0) is 16.4 Å². The number of hydrogen-bond acceptors (Lipinski definition) is 3. The van der Waals surface area contributed by atoms with Crippen molar-refractivity contribution in [2.75, 3.05) is 18.4 Å². The van der Waals surface area contributed by atoms with Crippen molar-refractivity contribution in [3.63, 3.8) is 0 Å². The van der Waals surface area contributed by atoms with Crippen LogP contribution < -0.4 is 10.5 Å². The zero-order valence-electron chi connectivity index (χ0n) is 14.5. The standard InChI is InChI=1S/C19H23N3O3S/c20-26(24,25)18-8-6-17(7-9-18)21-19(23)22-12-10-16(11-13-22)14-15-4-2-1-3-5-15/h1-9,16H,10-14H2,(H,21,23)(H2,20,24,25). The summed E-state index contributed by atoms with van der Waals surface area (Å²) in [6, 6.07) is 16.1. The lowest BCUT2D eigenvalue weighted by atomic mass is 9.90. The maximum Gasteiger partial charge on any atom is 0.321 e. The zero-order valence-corrected chi connectivity index (χ0v) is 15.3. The normalized spacial score (nSPS) is 15.7. The smallest absolute Gasteiger partial charge is 0.321 e. The van der Waals surface area contributed by atoms with Crippen LogP contribution in [0, 0.1) is 5.92 Å². The summed E-state index contributed by atoms with van der Waals surface area (Å²) in [6.45, 7) is 1.44. The van der Waals surface area contributed by atoms with Gasteiger partial charge in [0.2, 0.25) is 10.0 Å². The van der Waals surface area contributed by atoms with E-state index in [-0.39, 0.29) is 10.9 Å². The molecule has 138 valence electrons. The van der Waals surface area contributed by atoms with E-state index in [9.17, 15) is 13.2 Å². The summed E-state index contributed by atoms with van der Waals surface area (Å²) in [5.41, 5.74) is 1.89. The molecule has 0 saturated carbocycles. The molecule has 1 fully saturated rings. The highest BCUT2D eigenvalue weighted by molar-refractivity contribution is 7.89. The summed E-state index contributed by atoms with van der Waals surface area (Å²) in [6.07, 6.45) is 3.00. The largest absolute Gasteiger partial charge is 0.325 e. The first-order chi connectivity index (χ1) is 12.4. The molecular formula is C19H23N3O3S. The van der Waals surface area contributed by atoms with Gasteiger partial charge < -0.3 is 10.2 Å². The SMILES string of the molecule is NS(=O)(=O)c1ccc(NC(=O)N2CCC(Cc3ccccc3)CC2)cc1. The maximum absolute atomic E-state index is 12.4. The Balaban J connectivity index is 1.50. The highest BCUT2D eigenvalue weighted by atomic mass is 32.2. The molecule has 0 aliphatic carbocycles. The second kappa shape index (κ2) is 7.88. The summed E-state index contributed by atoms with van der Waals surface area (Å²) in [4.78, 5) is 14.2. The topological polar surface area (TPSA) is 92.5 Å². The minimum Gasteiger partial charge on any atom is -0.325 e. The van der Waals surface area contributed by atoms with Crippen LogP contribution in [0.25, 0.3) is 0 Å². The van der Waals surface area contributed by atoms with Crippen LogP contribution in [0.15, 0.2) is 59.5 Å². The maximum atomic E-state index is 12.4. The average molecular weight is 373 g/mol. The third-order valence-electron chi connectivity index (χ3n) is 4.70. The number of nitrogens with two attached hydrogens (primary N) is 1. The van der Waals surface area contributed by atoms with Crippen LogP contribution in [0.3, 0.4) is 0 Å². The molecule has 7 heteroatoms. The number of carbonyl (C=O) groups is 1. The number of amides is 2. The van der Waals surface area contributed by atoms with E-state index in [2.05, 4.69) is 29.6 Å². The zero-order chi connectivity index (χ0) is 18.6. The highest BCUT2D eigenvalue weighted by Crippen LogP contribution is 2.22. The molecule has 3 rings (SSSR count). The van der Waals surface area contributed by atoms with Gasteiger partial charge in [-0.05, 0) is 55.0 Å². The Morgan fingerprint density at radius 1 is 1.04 bits per heavy atom. The second-order valence-electron chi connectivity index (χ2n) is 6.62. The molecule has 1 aliphatic heterocycles. The van der Waals surface area contributed by atoms with Crippen LogP contribution in [0.2, 0.25) is 0 Å². The minimum absolute atomic E-state index is 0.0252. The van der Waals surface area contributed by atoms with Gasteiger partial charge in [0.05, 0.1) is 4.90 Å². The van der Waals surface area contributed by atoms with E-state index >= 15 is 0 Å². The number of sulfonamides is 1. The van der Waals surface area contributed by atoms with Gasteiger partial charge >= 0.3 is 6.03 Å². The number of rotatable bonds is 4. The number of hydrogen-bond donors (Lipinski definition) is 2. The van der Waals surface area contributed by atoms with Crippen molar-refractivity contribution in [3.05, 3.63) is 60.2 Å². The van der Waals surface area contributed by atoms with Crippen LogP contribution in [0.1, 0.15) is 18.4 Å². The number of nitrogens with zero attached hydrogens (tertiary/aromatic N) is 1. The number of anilines is 1. The average Bonchev–Trinajstić information content (AvgIpc) is 2.63. The van der Waals surface area contributed by atoms with Crippen LogP contribution >= 0.6 is 0 Å². The molecule has 1 heterocycles. The van der Waals surface area contributed by atoms with Gasteiger partial charge in [0, 0.05) is 18.8 Å². The fraction of sp³-hybridized carbons (Fsp3) is 0.316.